The number of aromatic nitrogens is 2. The Hall–Kier alpha value is -3.26. The predicted octanol–water partition coefficient (Wildman–Crippen LogP) is 3.68. The monoisotopic (exact) mass is 450 g/mol. The topological polar surface area (TPSA) is 126 Å². The van der Waals surface area contributed by atoms with Crippen LogP contribution >= 0.6 is 0 Å². The Kier molecular flexibility index (Phi) is 5.01. The van der Waals surface area contributed by atoms with Crippen LogP contribution < -0.4 is 16.2 Å². The number of hydrogen-bond donors (Lipinski definition) is 3. The van der Waals surface area contributed by atoms with Gasteiger partial charge in [-0.15, -0.1) is 0 Å². The number of ether oxygens (including phenoxy) is 2. The van der Waals surface area contributed by atoms with Crippen molar-refractivity contribution >= 4 is 22.8 Å². The van der Waals surface area contributed by atoms with Gasteiger partial charge in [0.15, 0.2) is 5.65 Å². The molecule has 0 saturated heterocycles. The number of phenols is 1. The van der Waals surface area contributed by atoms with E-state index in [1.54, 1.807) is 23.6 Å². The zero-order valence-electron chi connectivity index (χ0n) is 19.3. The summed E-state index contributed by atoms with van der Waals surface area (Å²) in [5.41, 5.74) is 15.9. The van der Waals surface area contributed by atoms with Crippen LogP contribution in [-0.4, -0.2) is 39.9 Å². The highest BCUT2D eigenvalue weighted by atomic mass is 16.5. The van der Waals surface area contributed by atoms with E-state index in [-0.39, 0.29) is 22.5 Å². The van der Waals surface area contributed by atoms with Crippen molar-refractivity contribution in [1.29, 1.82) is 0 Å². The molecule has 2 aromatic heterocycles. The second kappa shape index (κ2) is 7.66. The fourth-order valence-electron chi connectivity index (χ4n) is 4.36. The van der Waals surface area contributed by atoms with Gasteiger partial charge >= 0.3 is 0 Å². The van der Waals surface area contributed by atoms with Gasteiger partial charge in [0.2, 0.25) is 5.88 Å². The second-order valence-corrected chi connectivity index (χ2v) is 9.62. The first-order valence-corrected chi connectivity index (χ1v) is 11.4. The molecule has 2 saturated carbocycles. The Bertz CT molecular complexity index is 1270. The van der Waals surface area contributed by atoms with Crippen molar-refractivity contribution in [2.75, 3.05) is 18.9 Å². The maximum atomic E-state index is 12.3. The second-order valence-electron chi connectivity index (χ2n) is 9.62. The standard InChI is InChI=1S/C25H30N4O4/c1-13-4-7-18(30)15(3)20(13)29-21(26)19(22(27)31)17-10-14(2)24(28-23(17)29)33-12-25(8-9-25)11-32-16-5-6-16/h4,7,10,16,30H,5-6,8-9,11-12,26H2,1-3H3,(H2,27,31). The highest BCUT2D eigenvalue weighted by Crippen LogP contribution is 2.47. The van der Waals surface area contributed by atoms with Crippen LogP contribution in [0.2, 0.25) is 0 Å². The third kappa shape index (κ3) is 3.78. The molecular weight excluding hydrogens is 420 g/mol. The lowest BCUT2D eigenvalue weighted by Gasteiger charge is -2.18. The van der Waals surface area contributed by atoms with E-state index >= 15 is 0 Å². The Morgan fingerprint density at radius 3 is 2.58 bits per heavy atom. The Morgan fingerprint density at radius 1 is 1.21 bits per heavy atom. The number of phenolic OH excluding ortho intramolecular Hbond substituents is 1. The third-order valence-electron chi connectivity index (χ3n) is 6.82. The fourth-order valence-corrected chi connectivity index (χ4v) is 4.36. The first-order valence-electron chi connectivity index (χ1n) is 11.4. The summed E-state index contributed by atoms with van der Waals surface area (Å²) in [5.74, 6) is 0.184. The summed E-state index contributed by atoms with van der Waals surface area (Å²) >= 11 is 0. The summed E-state index contributed by atoms with van der Waals surface area (Å²) in [6.07, 6.45) is 4.90. The number of pyridine rings is 1. The molecule has 3 aromatic rings. The lowest BCUT2D eigenvalue weighted by molar-refractivity contribution is 0.0553. The summed E-state index contributed by atoms with van der Waals surface area (Å²) in [6.45, 7) is 6.86. The summed E-state index contributed by atoms with van der Waals surface area (Å²) in [5, 5.41) is 10.9. The minimum Gasteiger partial charge on any atom is -0.508 e. The van der Waals surface area contributed by atoms with E-state index in [1.807, 2.05) is 19.9 Å². The number of hydrogen-bond acceptors (Lipinski definition) is 6. The number of carbonyl (C=O) groups is 1. The molecule has 0 spiro atoms. The molecule has 33 heavy (non-hydrogen) atoms. The number of amides is 1. The number of nitrogen functional groups attached to an aromatic ring is 1. The lowest BCUT2D eigenvalue weighted by Crippen LogP contribution is -2.20. The quantitative estimate of drug-likeness (QED) is 0.481. The van der Waals surface area contributed by atoms with Crippen molar-refractivity contribution in [2.45, 2.75) is 52.6 Å². The van der Waals surface area contributed by atoms with Gasteiger partial charge in [-0.05, 0) is 64.2 Å². The molecular formula is C25H30N4O4. The predicted molar refractivity (Wildman–Crippen MR) is 126 cm³/mol. The largest absolute Gasteiger partial charge is 0.508 e. The summed E-state index contributed by atoms with van der Waals surface area (Å²) in [6, 6.07) is 5.28. The Balaban J connectivity index is 1.58. The SMILES string of the molecule is Cc1cc2c(C(N)=O)c(N)n(-c3c(C)ccc(O)c3C)c2nc1OCC1(COC2CC2)CC1. The average Bonchev–Trinajstić information content (AvgIpc) is 3.68. The van der Waals surface area contributed by atoms with Gasteiger partial charge in [-0.25, -0.2) is 0 Å². The minimum absolute atomic E-state index is 0.0590. The van der Waals surface area contributed by atoms with Crippen molar-refractivity contribution in [3.63, 3.8) is 0 Å². The van der Waals surface area contributed by atoms with Crippen LogP contribution in [-0.2, 0) is 4.74 Å². The van der Waals surface area contributed by atoms with E-state index in [4.69, 9.17) is 25.9 Å². The number of nitrogens with two attached hydrogens (primary N) is 2. The molecule has 0 bridgehead atoms. The van der Waals surface area contributed by atoms with E-state index in [1.165, 1.54) is 0 Å². The maximum absolute atomic E-state index is 12.3. The van der Waals surface area contributed by atoms with Gasteiger partial charge in [0.1, 0.15) is 11.6 Å². The van der Waals surface area contributed by atoms with Crippen LogP contribution in [0.4, 0.5) is 5.82 Å². The molecule has 0 atom stereocenters. The van der Waals surface area contributed by atoms with Crippen molar-refractivity contribution in [3.05, 3.63) is 40.5 Å². The number of carbonyl (C=O) groups excluding carboxylic acids is 1. The van der Waals surface area contributed by atoms with E-state index in [0.717, 1.165) is 43.4 Å². The summed E-state index contributed by atoms with van der Waals surface area (Å²) in [7, 11) is 0. The lowest BCUT2D eigenvalue weighted by atomic mass is 10.1. The number of anilines is 1. The molecule has 5 N–H and O–H groups in total. The summed E-state index contributed by atoms with van der Waals surface area (Å²) in [4.78, 5) is 17.1. The molecule has 2 aliphatic rings. The van der Waals surface area contributed by atoms with Gasteiger partial charge in [0.05, 0.1) is 30.6 Å². The van der Waals surface area contributed by atoms with Crippen LogP contribution in [0.15, 0.2) is 18.2 Å². The summed E-state index contributed by atoms with van der Waals surface area (Å²) < 4.78 is 13.8. The highest BCUT2D eigenvalue weighted by Gasteiger charge is 2.45. The average molecular weight is 451 g/mol. The number of aromatic hydroxyl groups is 1. The number of fused-ring (bicyclic) bond motifs is 1. The number of aryl methyl sites for hydroxylation is 2. The van der Waals surface area contributed by atoms with Crippen molar-refractivity contribution in [1.82, 2.24) is 9.55 Å². The van der Waals surface area contributed by atoms with Gasteiger partial charge in [-0.3, -0.25) is 9.36 Å². The molecule has 5 rings (SSSR count). The molecule has 0 unspecified atom stereocenters. The molecule has 1 aromatic carbocycles. The van der Waals surface area contributed by atoms with Crippen LogP contribution in [0.5, 0.6) is 11.6 Å². The molecule has 8 heteroatoms. The first kappa shape index (κ1) is 21.6. The fraction of sp³-hybridized carbons (Fsp3) is 0.440. The highest BCUT2D eigenvalue weighted by molar-refractivity contribution is 6.11. The molecule has 0 radical (unpaired) electrons. The van der Waals surface area contributed by atoms with Crippen molar-refractivity contribution < 1.29 is 19.4 Å². The number of primary amides is 1. The normalized spacial score (nSPS) is 16.8. The van der Waals surface area contributed by atoms with Gasteiger partial charge in [0, 0.05) is 21.9 Å². The molecule has 2 fully saturated rings. The molecule has 1 amide bonds. The number of rotatable bonds is 8. The zero-order valence-corrected chi connectivity index (χ0v) is 19.3. The van der Waals surface area contributed by atoms with Crippen LogP contribution in [0.3, 0.4) is 0 Å². The molecule has 174 valence electrons. The van der Waals surface area contributed by atoms with E-state index in [2.05, 4.69) is 0 Å². The minimum atomic E-state index is -0.629. The van der Waals surface area contributed by atoms with Gasteiger partial charge in [-0.1, -0.05) is 6.07 Å². The van der Waals surface area contributed by atoms with Gasteiger partial charge in [0.25, 0.3) is 5.91 Å². The number of benzene rings is 1. The first-order chi connectivity index (χ1) is 15.7. The third-order valence-corrected chi connectivity index (χ3v) is 6.82. The zero-order chi connectivity index (χ0) is 23.5. The Labute approximate surface area is 192 Å². The number of nitrogens with zero attached hydrogens (tertiary/aromatic N) is 2. The Morgan fingerprint density at radius 2 is 1.94 bits per heavy atom. The maximum Gasteiger partial charge on any atom is 0.253 e. The smallest absolute Gasteiger partial charge is 0.253 e. The van der Waals surface area contributed by atoms with E-state index in [9.17, 15) is 9.90 Å². The van der Waals surface area contributed by atoms with Crippen LogP contribution in [0, 0.1) is 26.2 Å². The van der Waals surface area contributed by atoms with Crippen molar-refractivity contribution in [2.24, 2.45) is 11.1 Å². The molecule has 2 heterocycles. The van der Waals surface area contributed by atoms with E-state index < -0.39 is 5.91 Å². The van der Waals surface area contributed by atoms with Crippen molar-refractivity contribution in [3.8, 4) is 17.3 Å². The van der Waals surface area contributed by atoms with Crippen LogP contribution in [0.1, 0.15) is 52.7 Å². The molecule has 8 nitrogen and oxygen atoms in total. The van der Waals surface area contributed by atoms with Crippen LogP contribution in [0.25, 0.3) is 16.7 Å². The van der Waals surface area contributed by atoms with Gasteiger partial charge in [-0.2, -0.15) is 4.98 Å². The van der Waals surface area contributed by atoms with Gasteiger partial charge < -0.3 is 26.0 Å². The molecule has 2 aliphatic carbocycles. The van der Waals surface area contributed by atoms with E-state index in [0.29, 0.717) is 40.9 Å². The molecule has 0 aliphatic heterocycles.